The zero-order chi connectivity index (χ0) is 48.3. The summed E-state index contributed by atoms with van der Waals surface area (Å²) < 4.78 is 35.7. The number of imide groups is 1. The predicted molar refractivity (Wildman–Crippen MR) is 263 cm³/mol. The lowest BCUT2D eigenvalue weighted by molar-refractivity contribution is -0.129. The van der Waals surface area contributed by atoms with Crippen molar-refractivity contribution in [1.29, 1.82) is 0 Å². The van der Waals surface area contributed by atoms with E-state index in [-0.39, 0.29) is 23.7 Å². The number of halogens is 3. The third-order valence-corrected chi connectivity index (χ3v) is 11.2. The summed E-state index contributed by atoms with van der Waals surface area (Å²) in [4.78, 5) is 55.4. The Morgan fingerprint density at radius 1 is 1.01 bits per heavy atom. The Labute approximate surface area is 399 Å². The Hall–Kier alpha value is -7.03. The summed E-state index contributed by atoms with van der Waals surface area (Å²) >= 11 is 6.36. The first-order valence-electron chi connectivity index (χ1n) is 22.2. The number of rotatable bonds is 23. The minimum absolute atomic E-state index is 0.106. The van der Waals surface area contributed by atoms with E-state index in [4.69, 9.17) is 27.2 Å². The van der Waals surface area contributed by atoms with Gasteiger partial charge in [0, 0.05) is 95.8 Å². The lowest BCUT2D eigenvalue weighted by Gasteiger charge is -2.27. The highest BCUT2D eigenvalue weighted by Crippen LogP contribution is 2.35. The second kappa shape index (κ2) is 25.8. The van der Waals surface area contributed by atoms with Crippen LogP contribution < -0.4 is 21.8 Å². The lowest BCUT2D eigenvalue weighted by Crippen LogP contribution is -2.44. The van der Waals surface area contributed by atoms with Gasteiger partial charge in [-0.3, -0.25) is 34.6 Å². The van der Waals surface area contributed by atoms with Gasteiger partial charge in [0.15, 0.2) is 0 Å². The average molecular weight is 944 g/mol. The van der Waals surface area contributed by atoms with Gasteiger partial charge in [-0.05, 0) is 80.9 Å². The van der Waals surface area contributed by atoms with E-state index in [0.29, 0.717) is 102 Å². The molecule has 68 heavy (non-hydrogen) atoms. The number of nitrogens with two attached hydrogens (primary N) is 1. The molecule has 0 bridgehead atoms. The van der Waals surface area contributed by atoms with Crippen LogP contribution in [0.5, 0.6) is 0 Å². The van der Waals surface area contributed by atoms with Gasteiger partial charge in [-0.2, -0.15) is 5.10 Å². The number of aliphatic imine (C=N–C) groups is 2. The molecule has 14 nitrogen and oxygen atoms in total. The van der Waals surface area contributed by atoms with Crippen LogP contribution in [-0.4, -0.2) is 97.0 Å². The SMILES string of the molecule is CCCC(C(=O)NC=O)N(C)Cc1c(C#CCCNCCCOCCCN=CC(=NN)c2ccc(Nc3ncc4c(n3)-c3ccc(Cl)cc3C(c3c(F)cccc3F)=NC4)cc2)cccc1C=O. The van der Waals surface area contributed by atoms with E-state index in [1.165, 1.54) is 18.2 Å². The van der Waals surface area contributed by atoms with E-state index < -0.39 is 17.7 Å². The molecule has 0 spiro atoms. The molecule has 6 rings (SSSR count). The number of hydrogen-bond acceptors (Lipinski definition) is 13. The van der Waals surface area contributed by atoms with Crippen LogP contribution in [-0.2, 0) is 27.4 Å². The van der Waals surface area contributed by atoms with Crippen molar-refractivity contribution in [3.8, 4) is 23.1 Å². The molecule has 0 aliphatic carbocycles. The van der Waals surface area contributed by atoms with Crippen LogP contribution in [0.25, 0.3) is 11.3 Å². The standard InChI is InChI=1S/C51H53ClF2N10O4/c1-3-10-46(50(67)60-33-66)64(2)31-42-34(12-6-13-36(42)32-65)11-4-5-22-56-23-8-25-68-26-9-24-57-30-45(63-55)35-16-19-39(20-17-35)61-51-59-29-37-28-58-49(47-43(53)14-7-15-44(47)54)41-27-38(52)18-21-40(41)48(37)62-51/h6-7,12-21,27,29-30,32-33,46,56H,3,5,8-10,22-26,28,31,55H2,1-2H3,(H,59,61,62)(H,60,66,67). The van der Waals surface area contributed by atoms with Crippen molar-refractivity contribution < 1.29 is 27.9 Å². The highest BCUT2D eigenvalue weighted by atomic mass is 35.5. The summed E-state index contributed by atoms with van der Waals surface area (Å²) in [6.07, 6.45) is 7.95. The van der Waals surface area contributed by atoms with Gasteiger partial charge in [0.1, 0.15) is 23.6 Å². The molecular formula is C51H53ClF2N10O4. The summed E-state index contributed by atoms with van der Waals surface area (Å²) in [5.41, 5.74) is 6.19. The first kappa shape index (κ1) is 50.4. The Morgan fingerprint density at radius 2 is 1.79 bits per heavy atom. The normalized spacial score (nSPS) is 12.6. The molecule has 0 fully saturated rings. The number of carbonyl (C=O) groups is 3. The first-order valence-corrected chi connectivity index (χ1v) is 22.6. The van der Waals surface area contributed by atoms with Crippen molar-refractivity contribution in [2.24, 2.45) is 20.9 Å². The molecule has 1 aliphatic heterocycles. The van der Waals surface area contributed by atoms with Gasteiger partial charge in [-0.1, -0.05) is 73.2 Å². The van der Waals surface area contributed by atoms with Crippen molar-refractivity contribution in [2.45, 2.75) is 58.2 Å². The molecule has 2 heterocycles. The highest BCUT2D eigenvalue weighted by molar-refractivity contribution is 6.38. The highest BCUT2D eigenvalue weighted by Gasteiger charge is 2.26. The van der Waals surface area contributed by atoms with Crippen LogP contribution in [0.1, 0.15) is 82.8 Å². The minimum Gasteiger partial charge on any atom is -0.381 e. The molecule has 4 aromatic carbocycles. The van der Waals surface area contributed by atoms with Gasteiger partial charge in [-0.25, -0.2) is 18.7 Å². The topological polar surface area (TPSA) is 189 Å². The maximum atomic E-state index is 14.9. The van der Waals surface area contributed by atoms with Crippen molar-refractivity contribution >= 4 is 59.5 Å². The first-order chi connectivity index (χ1) is 33.1. The molecule has 352 valence electrons. The second-order valence-corrected chi connectivity index (χ2v) is 16.2. The van der Waals surface area contributed by atoms with Gasteiger partial charge in [0.05, 0.1) is 29.6 Å². The monoisotopic (exact) mass is 942 g/mol. The Bertz CT molecular complexity index is 2700. The maximum absolute atomic E-state index is 14.9. The van der Waals surface area contributed by atoms with E-state index in [1.807, 2.05) is 42.2 Å². The van der Waals surface area contributed by atoms with Gasteiger partial charge in [-0.15, -0.1) is 0 Å². The minimum atomic E-state index is -0.727. The summed E-state index contributed by atoms with van der Waals surface area (Å²) in [7, 11) is 1.80. The second-order valence-electron chi connectivity index (χ2n) is 15.7. The summed E-state index contributed by atoms with van der Waals surface area (Å²) in [6.45, 7) is 5.55. The number of nitrogens with zero attached hydrogens (tertiary/aromatic N) is 6. The van der Waals surface area contributed by atoms with Crippen LogP contribution in [0.2, 0.25) is 5.02 Å². The quantitative estimate of drug-likeness (QED) is 0.0128. The van der Waals surface area contributed by atoms with Gasteiger partial charge < -0.3 is 21.2 Å². The molecular weight excluding hydrogens is 890 g/mol. The molecule has 5 N–H and O–H groups in total. The number of nitrogens with one attached hydrogen (secondary N) is 3. The molecule has 0 saturated carbocycles. The van der Waals surface area contributed by atoms with E-state index in [2.05, 4.69) is 47.9 Å². The van der Waals surface area contributed by atoms with Crippen LogP contribution in [0.15, 0.2) is 100 Å². The third kappa shape index (κ3) is 13.5. The molecule has 1 aliphatic rings. The van der Waals surface area contributed by atoms with Crippen LogP contribution >= 0.6 is 11.6 Å². The smallest absolute Gasteiger partial charge is 0.243 e. The number of fused-ring (bicyclic) bond motifs is 3. The molecule has 1 unspecified atom stereocenters. The van der Waals surface area contributed by atoms with Crippen LogP contribution in [0.3, 0.4) is 0 Å². The van der Waals surface area contributed by atoms with E-state index in [1.54, 1.807) is 49.8 Å². The van der Waals surface area contributed by atoms with Gasteiger partial charge in [0.25, 0.3) is 0 Å². The predicted octanol–water partition coefficient (Wildman–Crippen LogP) is 7.42. The Morgan fingerprint density at radius 3 is 2.54 bits per heavy atom. The van der Waals surface area contributed by atoms with Crippen molar-refractivity contribution in [3.63, 3.8) is 0 Å². The number of ether oxygens (including phenoxy) is 1. The van der Waals surface area contributed by atoms with E-state index in [0.717, 1.165) is 48.8 Å². The fraction of sp³-hybridized carbons (Fsp3) is 0.294. The summed E-state index contributed by atoms with van der Waals surface area (Å²) in [6, 6.07) is 21.1. The number of aldehydes is 1. The number of likely N-dealkylation sites (N-methyl/N-ethyl adjacent to an activating group) is 1. The molecule has 0 radical (unpaired) electrons. The lowest BCUT2D eigenvalue weighted by atomic mass is 9.95. The maximum Gasteiger partial charge on any atom is 0.243 e. The number of carbonyl (C=O) groups excluding carboxylic acids is 3. The molecule has 17 heteroatoms. The number of amides is 2. The zero-order valence-corrected chi connectivity index (χ0v) is 38.7. The fourth-order valence-corrected chi connectivity index (χ4v) is 7.72. The molecule has 2 amide bonds. The van der Waals surface area contributed by atoms with E-state index >= 15 is 0 Å². The molecule has 5 aromatic rings. The van der Waals surface area contributed by atoms with Crippen molar-refractivity contribution in [1.82, 2.24) is 25.5 Å². The number of benzene rings is 4. The Kier molecular flexibility index (Phi) is 19.1. The number of anilines is 2. The van der Waals surface area contributed by atoms with Crippen molar-refractivity contribution in [3.05, 3.63) is 141 Å². The molecule has 1 atom stereocenters. The van der Waals surface area contributed by atoms with E-state index in [9.17, 15) is 23.2 Å². The third-order valence-electron chi connectivity index (χ3n) is 11.0. The largest absolute Gasteiger partial charge is 0.381 e. The summed E-state index contributed by atoms with van der Waals surface area (Å²) in [5, 5.41) is 13.2. The average Bonchev–Trinajstić information content (AvgIpc) is 3.48. The van der Waals surface area contributed by atoms with Crippen molar-refractivity contribution in [2.75, 3.05) is 45.2 Å². The zero-order valence-electron chi connectivity index (χ0n) is 37.9. The number of aromatic nitrogens is 2. The van der Waals surface area contributed by atoms with Gasteiger partial charge >= 0.3 is 0 Å². The van der Waals surface area contributed by atoms with Crippen LogP contribution in [0.4, 0.5) is 20.4 Å². The molecule has 0 saturated heterocycles. The van der Waals surface area contributed by atoms with Gasteiger partial charge in [0.2, 0.25) is 18.3 Å². The molecule has 1 aromatic heterocycles. The fourth-order valence-electron chi connectivity index (χ4n) is 7.55. The summed E-state index contributed by atoms with van der Waals surface area (Å²) in [5.74, 6) is 10.6. The Balaban J connectivity index is 0.906. The number of hydrazone groups is 1. The van der Waals surface area contributed by atoms with Crippen LogP contribution in [0, 0.1) is 23.5 Å². The number of hydrogen-bond donors (Lipinski definition) is 4.